The normalized spacial score (nSPS) is 36.1. The monoisotopic (exact) mass is 379 g/mol. The van der Waals surface area contributed by atoms with Crippen LogP contribution in [0.5, 0.6) is 0 Å². The van der Waals surface area contributed by atoms with Gasteiger partial charge in [-0.2, -0.15) is 0 Å². The van der Waals surface area contributed by atoms with Crippen LogP contribution in [-0.4, -0.2) is 47.8 Å². The van der Waals surface area contributed by atoms with Gasteiger partial charge in [0.05, 0.1) is 25.9 Å². The summed E-state index contributed by atoms with van der Waals surface area (Å²) in [6.07, 6.45) is 11.0. The first-order chi connectivity index (χ1) is 13.7. The van der Waals surface area contributed by atoms with Crippen molar-refractivity contribution in [1.29, 1.82) is 0 Å². The second-order valence-electron chi connectivity index (χ2n) is 9.13. The van der Waals surface area contributed by atoms with Crippen molar-refractivity contribution >= 4 is 16.9 Å². The Balaban J connectivity index is 1.22. The van der Waals surface area contributed by atoms with Gasteiger partial charge in [0.2, 0.25) is 0 Å². The maximum absolute atomic E-state index is 12.2. The van der Waals surface area contributed by atoms with Crippen LogP contribution < -0.4 is 10.2 Å². The van der Waals surface area contributed by atoms with Crippen LogP contribution in [0, 0.1) is 0 Å². The number of hydrogen-bond donors (Lipinski definition) is 3. The number of benzene rings is 1. The van der Waals surface area contributed by atoms with Gasteiger partial charge in [-0.1, -0.05) is 18.2 Å². The van der Waals surface area contributed by atoms with E-state index in [9.17, 15) is 4.79 Å². The zero-order chi connectivity index (χ0) is 18.7. The Kier molecular flexibility index (Phi) is 3.72. The summed E-state index contributed by atoms with van der Waals surface area (Å²) < 4.78 is 6.03. The Labute approximate surface area is 165 Å². The zero-order valence-corrected chi connectivity index (χ0v) is 16.2. The number of H-pyrrole nitrogens is 1. The maximum Gasteiger partial charge on any atom is 0.311 e. The molecule has 0 saturated carbocycles. The molecule has 5 atom stereocenters. The van der Waals surface area contributed by atoms with E-state index in [2.05, 4.69) is 46.8 Å². The van der Waals surface area contributed by atoms with Gasteiger partial charge < -0.3 is 19.9 Å². The van der Waals surface area contributed by atoms with Crippen molar-refractivity contribution in [3.05, 3.63) is 47.7 Å². The fourth-order valence-corrected chi connectivity index (χ4v) is 6.63. The number of carbonyl (C=O) groups excluding carboxylic acids is 1. The van der Waals surface area contributed by atoms with Gasteiger partial charge in [0.15, 0.2) is 11.6 Å². The smallest absolute Gasteiger partial charge is 0.311 e. The van der Waals surface area contributed by atoms with Crippen LogP contribution in [0.15, 0.2) is 42.1 Å². The molecule has 1 unspecified atom stereocenters. The summed E-state index contributed by atoms with van der Waals surface area (Å²) in [6, 6.07) is 10.1. The van der Waals surface area contributed by atoms with Gasteiger partial charge in [-0.05, 0) is 36.1 Å². The molecule has 3 saturated heterocycles. The molecule has 4 N–H and O–H groups in total. The van der Waals surface area contributed by atoms with Gasteiger partial charge in [-0.3, -0.25) is 4.79 Å². The lowest BCUT2D eigenvalue weighted by Gasteiger charge is -2.34. The van der Waals surface area contributed by atoms with Crippen LogP contribution in [0.4, 0.5) is 0 Å². The molecule has 1 aliphatic carbocycles. The lowest BCUT2D eigenvalue weighted by Crippen LogP contribution is -3.21. The summed E-state index contributed by atoms with van der Waals surface area (Å²) in [5, 5.41) is 3.87. The summed E-state index contributed by atoms with van der Waals surface area (Å²) in [7, 11) is 0. The molecule has 5 nitrogen and oxygen atoms in total. The second-order valence-corrected chi connectivity index (χ2v) is 9.13. The van der Waals surface area contributed by atoms with Crippen LogP contribution in [-0.2, 0) is 16.0 Å². The Bertz CT molecular complexity index is 964. The summed E-state index contributed by atoms with van der Waals surface area (Å²) in [5.41, 5.74) is 3.67. The Morgan fingerprint density at radius 2 is 2.21 bits per heavy atom. The molecule has 2 bridgehead atoms. The maximum atomic E-state index is 12.2. The molecule has 3 aliphatic heterocycles. The van der Waals surface area contributed by atoms with E-state index in [-0.39, 0.29) is 11.6 Å². The van der Waals surface area contributed by atoms with E-state index >= 15 is 0 Å². The molecule has 0 amide bonds. The Hall–Kier alpha value is -2.11. The SMILES string of the molecule is O=C1CC2=C[C@H]([NH2+]CCc3c[nH]c4ccccc34)[C@@H]3C[C@@]2(O1)[C@H]1CCCC[NH+]31. The van der Waals surface area contributed by atoms with Crippen LogP contribution in [0.25, 0.3) is 10.9 Å². The lowest BCUT2D eigenvalue weighted by atomic mass is 9.78. The lowest BCUT2D eigenvalue weighted by molar-refractivity contribution is -0.958. The topological polar surface area (TPSA) is 63.1 Å². The van der Waals surface area contributed by atoms with Gasteiger partial charge in [-0.15, -0.1) is 0 Å². The van der Waals surface area contributed by atoms with Crippen LogP contribution >= 0.6 is 0 Å². The molecule has 28 heavy (non-hydrogen) atoms. The zero-order valence-electron chi connectivity index (χ0n) is 16.2. The predicted molar refractivity (Wildman–Crippen MR) is 106 cm³/mol. The number of esters is 1. The first-order valence-corrected chi connectivity index (χ1v) is 10.9. The third kappa shape index (κ3) is 2.36. The van der Waals surface area contributed by atoms with Crippen molar-refractivity contribution in [1.82, 2.24) is 4.98 Å². The van der Waals surface area contributed by atoms with E-state index in [1.165, 1.54) is 47.8 Å². The van der Waals surface area contributed by atoms with Gasteiger partial charge in [-0.25, -0.2) is 0 Å². The number of ether oxygens (including phenoxy) is 1. The highest BCUT2D eigenvalue weighted by Gasteiger charge is 2.67. The minimum atomic E-state index is -0.251. The number of piperidine rings is 1. The van der Waals surface area contributed by atoms with Gasteiger partial charge in [0.25, 0.3) is 0 Å². The van der Waals surface area contributed by atoms with Crippen molar-refractivity contribution in [3.63, 3.8) is 0 Å². The number of fused-ring (bicyclic) bond motifs is 4. The highest BCUT2D eigenvalue weighted by atomic mass is 16.6. The van der Waals surface area contributed by atoms with Crippen LogP contribution in [0.3, 0.4) is 0 Å². The van der Waals surface area contributed by atoms with E-state index in [0.717, 1.165) is 19.4 Å². The third-order valence-corrected chi connectivity index (χ3v) is 7.78. The number of carbonyl (C=O) groups is 1. The predicted octanol–water partition coefficient (Wildman–Crippen LogP) is 0.478. The first kappa shape index (κ1) is 16.8. The number of quaternary nitrogens is 2. The highest BCUT2D eigenvalue weighted by molar-refractivity contribution is 5.83. The molecule has 2 aromatic rings. The molecule has 6 rings (SSSR count). The van der Waals surface area contributed by atoms with Crippen molar-refractivity contribution < 1.29 is 19.7 Å². The molecule has 0 radical (unpaired) electrons. The molecule has 1 spiro atoms. The number of aromatic amines is 1. The Morgan fingerprint density at radius 3 is 3.18 bits per heavy atom. The standard InChI is InChI=1S/C23H27N3O2/c27-22-12-16-11-19(20-13-23(16,28-22)21-7-3-4-10-26(20)21)24-9-8-15-14-25-18-6-2-1-5-17(15)18/h1-2,5-6,11,14,19-21,24-25H,3-4,7-10,12-13H2/p+2/t19-,20-,21+,23-/m0/s1. The van der Waals surface area contributed by atoms with Gasteiger partial charge in [0, 0.05) is 29.9 Å². The van der Waals surface area contributed by atoms with E-state index in [0.29, 0.717) is 24.5 Å². The molecule has 1 aromatic carbocycles. The largest absolute Gasteiger partial charge is 0.448 e. The molecule has 146 valence electrons. The molecule has 1 aromatic heterocycles. The summed E-state index contributed by atoms with van der Waals surface area (Å²) in [6.45, 7) is 2.31. The van der Waals surface area contributed by atoms with Crippen LogP contribution in [0.1, 0.15) is 37.7 Å². The quantitative estimate of drug-likeness (QED) is 0.534. The molecule has 4 aliphatic rings. The molecular weight excluding hydrogens is 350 g/mol. The number of aromatic nitrogens is 1. The average Bonchev–Trinajstić information content (AvgIpc) is 3.36. The molecule has 5 heteroatoms. The first-order valence-electron chi connectivity index (χ1n) is 10.9. The Morgan fingerprint density at radius 1 is 1.29 bits per heavy atom. The number of hydrogen-bond acceptors (Lipinski definition) is 2. The van der Waals surface area contributed by atoms with Gasteiger partial charge in [0.1, 0.15) is 12.1 Å². The third-order valence-electron chi connectivity index (χ3n) is 7.78. The summed E-state index contributed by atoms with van der Waals surface area (Å²) in [4.78, 5) is 17.3. The minimum absolute atomic E-state index is 0.00346. The highest BCUT2D eigenvalue weighted by Crippen LogP contribution is 2.46. The molecule has 4 heterocycles. The van der Waals surface area contributed by atoms with Crippen molar-refractivity contribution in [2.24, 2.45) is 0 Å². The number of para-hydroxylation sites is 1. The average molecular weight is 380 g/mol. The van der Waals surface area contributed by atoms with Crippen LogP contribution in [0.2, 0.25) is 0 Å². The van der Waals surface area contributed by atoms with E-state index < -0.39 is 0 Å². The van der Waals surface area contributed by atoms with Crippen molar-refractivity contribution in [2.45, 2.75) is 62.3 Å². The number of rotatable bonds is 4. The molecule has 3 fully saturated rings. The minimum Gasteiger partial charge on any atom is -0.448 e. The summed E-state index contributed by atoms with van der Waals surface area (Å²) in [5.74, 6) is -0.00346. The van der Waals surface area contributed by atoms with E-state index in [4.69, 9.17) is 4.74 Å². The fourth-order valence-electron chi connectivity index (χ4n) is 6.63. The van der Waals surface area contributed by atoms with E-state index in [1.54, 1.807) is 4.90 Å². The number of nitrogens with one attached hydrogen (secondary N) is 2. The van der Waals surface area contributed by atoms with Crippen molar-refractivity contribution in [3.8, 4) is 0 Å². The molecular formula is C23H29N3O2+2. The van der Waals surface area contributed by atoms with Gasteiger partial charge >= 0.3 is 5.97 Å². The second kappa shape index (κ2) is 6.19. The van der Waals surface area contributed by atoms with Crippen molar-refractivity contribution in [2.75, 3.05) is 13.1 Å². The fraction of sp³-hybridized carbons (Fsp3) is 0.522. The van der Waals surface area contributed by atoms with E-state index in [1.807, 2.05) is 0 Å². The number of nitrogens with two attached hydrogens (primary N) is 1. The summed E-state index contributed by atoms with van der Waals surface area (Å²) >= 11 is 0.